The molecule has 0 aromatic carbocycles. The molecule has 2 atom stereocenters. The van der Waals surface area contributed by atoms with Gasteiger partial charge in [0.1, 0.15) is 6.10 Å². The summed E-state index contributed by atoms with van der Waals surface area (Å²) in [5.41, 5.74) is 2.37. The van der Waals surface area contributed by atoms with E-state index in [1.165, 1.54) is 36.9 Å². The summed E-state index contributed by atoms with van der Waals surface area (Å²) in [5, 5.41) is 12.0. The Balaban J connectivity index is 1.38. The maximum atomic E-state index is 11.1. The summed E-state index contributed by atoms with van der Waals surface area (Å²) in [6.45, 7) is 1.49. The summed E-state index contributed by atoms with van der Waals surface area (Å²) >= 11 is 1.49. The topological polar surface area (TPSA) is 79.9 Å². The third-order valence-corrected chi connectivity index (χ3v) is 5.21. The van der Waals surface area contributed by atoms with Gasteiger partial charge in [0, 0.05) is 35.5 Å². The van der Waals surface area contributed by atoms with E-state index < -0.39 is 0 Å². The molecule has 2 aliphatic rings. The van der Waals surface area contributed by atoms with Crippen LogP contribution >= 0.6 is 11.5 Å². The van der Waals surface area contributed by atoms with Crippen LogP contribution in [0.2, 0.25) is 0 Å². The molecule has 6 nitrogen and oxygen atoms in total. The van der Waals surface area contributed by atoms with E-state index in [1.54, 1.807) is 0 Å². The molecule has 2 heterocycles. The normalized spacial score (nSPS) is 23.9. The molecule has 0 spiro atoms. The van der Waals surface area contributed by atoms with E-state index in [4.69, 9.17) is 4.74 Å². The van der Waals surface area contributed by atoms with Gasteiger partial charge in [-0.3, -0.25) is 9.89 Å². The summed E-state index contributed by atoms with van der Waals surface area (Å²) in [6.07, 6.45) is 5.80. The highest BCUT2D eigenvalue weighted by Gasteiger charge is 2.32. The zero-order chi connectivity index (χ0) is 15.8. The molecular weight excluding hydrogens is 312 g/mol. The summed E-state index contributed by atoms with van der Waals surface area (Å²) in [7, 11) is 0. The van der Waals surface area contributed by atoms with Crippen LogP contribution in [0.25, 0.3) is 0 Å². The highest BCUT2D eigenvalue weighted by molar-refractivity contribution is 7.03. The van der Waals surface area contributed by atoms with Gasteiger partial charge in [-0.2, -0.15) is 9.47 Å². The predicted molar refractivity (Wildman–Crippen MR) is 88.0 cm³/mol. The number of amides is 1. The van der Waals surface area contributed by atoms with Crippen molar-refractivity contribution in [2.24, 2.45) is 0 Å². The molecular formula is C16H20N4O2S. The number of nitrogens with one attached hydrogen (secondary N) is 2. The van der Waals surface area contributed by atoms with Gasteiger partial charge < -0.3 is 10.1 Å². The first-order valence-corrected chi connectivity index (χ1v) is 8.96. The fourth-order valence-electron chi connectivity index (χ4n) is 3.27. The van der Waals surface area contributed by atoms with Crippen molar-refractivity contribution in [3.63, 3.8) is 0 Å². The first-order chi connectivity index (χ1) is 11.2. The first kappa shape index (κ1) is 14.7. The number of aromatic nitrogens is 3. The molecule has 23 heavy (non-hydrogen) atoms. The molecule has 2 fully saturated rings. The lowest BCUT2D eigenvalue weighted by molar-refractivity contribution is -0.114. The maximum absolute atomic E-state index is 11.1. The Hall–Kier alpha value is -1.89. The van der Waals surface area contributed by atoms with E-state index in [2.05, 4.69) is 25.3 Å². The third kappa shape index (κ3) is 3.24. The molecule has 0 saturated heterocycles. The van der Waals surface area contributed by atoms with E-state index in [0.717, 1.165) is 30.8 Å². The average molecular weight is 332 g/mol. The van der Waals surface area contributed by atoms with Crippen LogP contribution in [-0.2, 0) is 4.79 Å². The number of ether oxygens (including phenoxy) is 1. The van der Waals surface area contributed by atoms with Gasteiger partial charge in [0.25, 0.3) is 0 Å². The van der Waals surface area contributed by atoms with E-state index in [1.807, 2.05) is 6.07 Å². The summed E-state index contributed by atoms with van der Waals surface area (Å²) < 4.78 is 10.6. The summed E-state index contributed by atoms with van der Waals surface area (Å²) in [6, 6.07) is 1.92. The number of rotatable bonds is 5. The molecule has 2 saturated carbocycles. The molecule has 0 radical (unpaired) electrons. The van der Waals surface area contributed by atoms with Crippen molar-refractivity contribution >= 4 is 23.3 Å². The van der Waals surface area contributed by atoms with Crippen molar-refractivity contribution in [3.05, 3.63) is 22.7 Å². The Kier molecular flexibility index (Phi) is 3.80. The molecule has 0 unspecified atom stereocenters. The maximum Gasteiger partial charge on any atom is 0.228 e. The largest absolute Gasteiger partial charge is 0.474 e. The lowest BCUT2D eigenvalue weighted by atomic mass is 10.0. The van der Waals surface area contributed by atoms with Crippen LogP contribution in [0.4, 0.5) is 5.82 Å². The molecule has 7 heteroatoms. The van der Waals surface area contributed by atoms with Crippen LogP contribution in [0.5, 0.6) is 5.88 Å². The standard InChI is InChI=1S/C16H20N4O2S/c1-9(21)17-15-7-14(18-19-15)11-4-5-12(6-11)22-16-13(8-23-20-16)10-2-3-10/h7-8,10-12H,2-6H2,1H3,(H2,17,18,19,21)/t11-,12+/m0/s1. The fraction of sp³-hybridized carbons (Fsp3) is 0.562. The molecule has 1 amide bonds. The molecule has 2 aliphatic carbocycles. The second-order valence-corrected chi connectivity index (χ2v) is 7.12. The highest BCUT2D eigenvalue weighted by atomic mass is 32.1. The Morgan fingerprint density at radius 3 is 2.96 bits per heavy atom. The van der Waals surface area contributed by atoms with Gasteiger partial charge in [-0.05, 0) is 49.6 Å². The second kappa shape index (κ2) is 5.96. The number of hydrogen-bond donors (Lipinski definition) is 2. The quantitative estimate of drug-likeness (QED) is 0.879. The van der Waals surface area contributed by atoms with E-state index in [0.29, 0.717) is 17.7 Å². The highest BCUT2D eigenvalue weighted by Crippen LogP contribution is 2.46. The Morgan fingerprint density at radius 1 is 1.35 bits per heavy atom. The predicted octanol–water partition coefficient (Wildman–Crippen LogP) is 3.42. The summed E-state index contributed by atoms with van der Waals surface area (Å²) in [4.78, 5) is 11.1. The minimum atomic E-state index is -0.105. The van der Waals surface area contributed by atoms with Crippen LogP contribution in [0, 0.1) is 0 Å². The molecule has 2 N–H and O–H groups in total. The number of nitrogens with zero attached hydrogens (tertiary/aromatic N) is 2. The minimum absolute atomic E-state index is 0.105. The van der Waals surface area contributed by atoms with Gasteiger partial charge in [0.15, 0.2) is 5.82 Å². The van der Waals surface area contributed by atoms with Crippen molar-refractivity contribution in [2.75, 3.05) is 5.32 Å². The van der Waals surface area contributed by atoms with Crippen LogP contribution in [0.15, 0.2) is 11.4 Å². The van der Waals surface area contributed by atoms with Crippen LogP contribution in [0.1, 0.15) is 62.1 Å². The smallest absolute Gasteiger partial charge is 0.228 e. The van der Waals surface area contributed by atoms with Gasteiger partial charge in [-0.25, -0.2) is 0 Å². The zero-order valence-electron chi connectivity index (χ0n) is 13.0. The zero-order valence-corrected chi connectivity index (χ0v) is 13.9. The number of aromatic amines is 1. The molecule has 0 bridgehead atoms. The molecule has 122 valence electrons. The number of carbonyl (C=O) groups excluding carboxylic acids is 1. The van der Waals surface area contributed by atoms with Crippen LogP contribution in [-0.4, -0.2) is 26.6 Å². The molecule has 4 rings (SSSR count). The van der Waals surface area contributed by atoms with Gasteiger partial charge in [-0.15, -0.1) is 0 Å². The van der Waals surface area contributed by atoms with E-state index in [-0.39, 0.29) is 12.0 Å². The van der Waals surface area contributed by atoms with Crippen LogP contribution in [0.3, 0.4) is 0 Å². The summed E-state index contributed by atoms with van der Waals surface area (Å²) in [5.74, 6) is 2.41. The Bertz CT molecular complexity index is 707. The van der Waals surface area contributed by atoms with Crippen molar-refractivity contribution in [3.8, 4) is 5.88 Å². The Labute approximate surface area is 138 Å². The van der Waals surface area contributed by atoms with Gasteiger partial charge in [0.2, 0.25) is 11.8 Å². The molecule has 2 aromatic rings. The number of anilines is 1. The van der Waals surface area contributed by atoms with Gasteiger partial charge in [-0.1, -0.05) is 0 Å². The Morgan fingerprint density at radius 2 is 2.17 bits per heavy atom. The molecule has 2 aromatic heterocycles. The van der Waals surface area contributed by atoms with E-state index in [9.17, 15) is 4.79 Å². The number of H-pyrrole nitrogens is 1. The van der Waals surface area contributed by atoms with Crippen molar-refractivity contribution in [1.82, 2.24) is 14.6 Å². The van der Waals surface area contributed by atoms with E-state index >= 15 is 0 Å². The molecule has 0 aliphatic heterocycles. The first-order valence-electron chi connectivity index (χ1n) is 8.13. The number of hydrogen-bond acceptors (Lipinski definition) is 5. The van der Waals surface area contributed by atoms with Gasteiger partial charge >= 0.3 is 0 Å². The fourth-order valence-corrected chi connectivity index (χ4v) is 3.97. The van der Waals surface area contributed by atoms with Crippen molar-refractivity contribution in [1.29, 1.82) is 0 Å². The van der Waals surface area contributed by atoms with Gasteiger partial charge in [0.05, 0.1) is 0 Å². The number of carbonyl (C=O) groups is 1. The van der Waals surface area contributed by atoms with Crippen molar-refractivity contribution < 1.29 is 9.53 Å². The minimum Gasteiger partial charge on any atom is -0.474 e. The average Bonchev–Trinajstić information content (AvgIpc) is 2.91. The van der Waals surface area contributed by atoms with Crippen molar-refractivity contribution in [2.45, 2.75) is 57.0 Å². The monoisotopic (exact) mass is 332 g/mol. The second-order valence-electron chi connectivity index (χ2n) is 6.49. The third-order valence-electron chi connectivity index (χ3n) is 4.58. The lowest BCUT2D eigenvalue weighted by Gasteiger charge is -2.13. The SMILES string of the molecule is CC(=O)Nc1cc([C@H]2CC[C@@H](Oc3nscc3C3CC3)C2)[nH]n1. The van der Waals surface area contributed by atoms with Crippen LogP contribution < -0.4 is 10.1 Å². The lowest BCUT2D eigenvalue weighted by Crippen LogP contribution is -2.13.